The average molecular weight is 533 g/mol. The zero-order valence-electron chi connectivity index (χ0n) is 21.9. The van der Waals surface area contributed by atoms with Crippen LogP contribution in [0.15, 0.2) is 30.5 Å². The molecule has 0 radical (unpaired) electrons. The Hall–Kier alpha value is -3.05. The number of nitrogens with two attached hydrogens (primary N) is 2. The van der Waals surface area contributed by atoms with Crippen LogP contribution in [0, 0.1) is 11.8 Å². The number of aromatic nitrogens is 1. The maximum Gasteiger partial charge on any atom is 0.243 e. The van der Waals surface area contributed by atoms with E-state index in [0.29, 0.717) is 12.8 Å². The molecule has 0 aliphatic rings. The number of thiol groups is 1. The molecule has 1 aromatic carbocycles. The summed E-state index contributed by atoms with van der Waals surface area (Å²) in [4.78, 5) is 54.4. The number of hydrogen-bond acceptors (Lipinski definition) is 6. The number of hydrogen-bond donors (Lipinski definition) is 7. The Balaban J connectivity index is 2.32. The van der Waals surface area contributed by atoms with Crippen molar-refractivity contribution < 1.29 is 19.2 Å². The van der Waals surface area contributed by atoms with Gasteiger partial charge in [0.1, 0.15) is 18.1 Å². The maximum atomic E-state index is 13.5. The Morgan fingerprint density at radius 3 is 2.14 bits per heavy atom. The number of aromatic amines is 1. The van der Waals surface area contributed by atoms with E-state index in [1.807, 2.05) is 52.0 Å². The summed E-state index contributed by atoms with van der Waals surface area (Å²) in [6.07, 6.45) is 3.25. The van der Waals surface area contributed by atoms with E-state index < -0.39 is 47.8 Å². The molecular weight excluding hydrogens is 492 g/mol. The van der Waals surface area contributed by atoms with Crippen LogP contribution >= 0.6 is 12.6 Å². The predicted molar refractivity (Wildman–Crippen MR) is 148 cm³/mol. The first-order valence-electron chi connectivity index (χ1n) is 12.7. The summed E-state index contributed by atoms with van der Waals surface area (Å²) < 4.78 is 0. The molecule has 0 fully saturated rings. The first-order chi connectivity index (χ1) is 17.5. The normalized spacial score (nSPS) is 16.2. The topological polar surface area (TPSA) is 172 Å². The van der Waals surface area contributed by atoms with Crippen LogP contribution in [0.3, 0.4) is 0 Å². The van der Waals surface area contributed by atoms with Gasteiger partial charge in [-0.15, -0.1) is 0 Å². The SMILES string of the molecule is CC[C@H](C)[C@H](N)C(=O)N[C@H](C(=O)N[C@@H](Cc1c[nH]c2ccccc12)C(=O)N[C@@H](CS)C(N)=O)[C@@H](C)CC. The molecule has 2 rings (SSSR count). The molecular formula is C26H40N6O4S. The first-order valence-corrected chi connectivity index (χ1v) is 13.3. The van der Waals surface area contributed by atoms with Crippen LogP contribution in [0.1, 0.15) is 46.1 Å². The molecule has 4 amide bonds. The number of amides is 4. The fourth-order valence-electron chi connectivity index (χ4n) is 3.93. The van der Waals surface area contributed by atoms with E-state index in [1.165, 1.54) is 0 Å². The highest BCUT2D eigenvalue weighted by Crippen LogP contribution is 2.20. The van der Waals surface area contributed by atoms with E-state index >= 15 is 0 Å². The standard InChI is InChI=1S/C26H40N6O4S/c1-5-14(3)21(27)25(35)32-22(15(4)6-2)26(36)30-19(24(34)31-20(13-37)23(28)33)11-16-12-29-18-10-8-7-9-17(16)18/h7-10,12,14-15,19-22,29,37H,5-6,11,13,27H2,1-4H3,(H2,28,33)(H,30,36)(H,31,34)(H,32,35)/t14-,15-,19-,20-,21-,22-/m0/s1. The Morgan fingerprint density at radius 2 is 1.54 bits per heavy atom. The molecule has 6 atom stereocenters. The summed E-state index contributed by atoms with van der Waals surface area (Å²) in [6, 6.07) is 3.89. The zero-order valence-corrected chi connectivity index (χ0v) is 22.8. The summed E-state index contributed by atoms with van der Waals surface area (Å²) in [6.45, 7) is 7.57. The highest BCUT2D eigenvalue weighted by atomic mass is 32.1. The minimum Gasteiger partial charge on any atom is -0.368 e. The third-order valence-corrected chi connectivity index (χ3v) is 7.29. The number of benzene rings is 1. The molecule has 8 N–H and O–H groups in total. The number of carbonyl (C=O) groups is 4. The van der Waals surface area contributed by atoms with Gasteiger partial charge in [-0.3, -0.25) is 19.2 Å². The van der Waals surface area contributed by atoms with E-state index in [2.05, 4.69) is 33.6 Å². The molecule has 204 valence electrons. The van der Waals surface area contributed by atoms with Crippen LogP contribution in [-0.2, 0) is 25.6 Å². The fourth-order valence-corrected chi connectivity index (χ4v) is 4.21. The molecule has 0 unspecified atom stereocenters. The Morgan fingerprint density at radius 1 is 0.919 bits per heavy atom. The first kappa shape index (κ1) is 30.2. The van der Waals surface area contributed by atoms with Gasteiger partial charge in [0, 0.05) is 29.3 Å². The lowest BCUT2D eigenvalue weighted by molar-refractivity contribution is -0.134. The van der Waals surface area contributed by atoms with Crippen LogP contribution < -0.4 is 27.4 Å². The van der Waals surface area contributed by atoms with Crippen molar-refractivity contribution in [1.29, 1.82) is 0 Å². The highest BCUT2D eigenvalue weighted by molar-refractivity contribution is 7.80. The number of para-hydroxylation sites is 1. The highest BCUT2D eigenvalue weighted by Gasteiger charge is 2.33. The van der Waals surface area contributed by atoms with Crippen LogP contribution in [0.25, 0.3) is 10.9 Å². The average Bonchev–Trinajstić information content (AvgIpc) is 3.30. The van der Waals surface area contributed by atoms with Gasteiger partial charge in [-0.25, -0.2) is 0 Å². The summed E-state index contributed by atoms with van der Waals surface area (Å²) >= 11 is 4.09. The molecule has 11 heteroatoms. The van der Waals surface area contributed by atoms with Crippen molar-refractivity contribution in [3.05, 3.63) is 36.0 Å². The second kappa shape index (κ2) is 14.0. The molecule has 37 heavy (non-hydrogen) atoms. The van der Waals surface area contributed by atoms with Crippen molar-refractivity contribution in [3.8, 4) is 0 Å². The van der Waals surface area contributed by atoms with Crippen molar-refractivity contribution in [3.63, 3.8) is 0 Å². The van der Waals surface area contributed by atoms with Gasteiger partial charge in [0.05, 0.1) is 6.04 Å². The molecule has 0 saturated carbocycles. The van der Waals surface area contributed by atoms with Gasteiger partial charge in [0.15, 0.2) is 0 Å². The van der Waals surface area contributed by atoms with Gasteiger partial charge in [-0.2, -0.15) is 12.6 Å². The van der Waals surface area contributed by atoms with E-state index in [-0.39, 0.29) is 24.0 Å². The Kier molecular flexibility index (Phi) is 11.4. The number of fused-ring (bicyclic) bond motifs is 1. The number of H-pyrrole nitrogens is 1. The molecule has 0 spiro atoms. The van der Waals surface area contributed by atoms with Crippen molar-refractivity contribution in [2.24, 2.45) is 23.3 Å². The number of rotatable bonds is 14. The minimum atomic E-state index is -1.04. The second-order valence-electron chi connectivity index (χ2n) is 9.55. The van der Waals surface area contributed by atoms with Gasteiger partial charge in [0.25, 0.3) is 0 Å². The lowest BCUT2D eigenvalue weighted by Gasteiger charge is -2.28. The van der Waals surface area contributed by atoms with Gasteiger partial charge < -0.3 is 32.4 Å². The molecule has 0 bridgehead atoms. The molecule has 1 aromatic heterocycles. The lowest BCUT2D eigenvalue weighted by Crippen LogP contribution is -2.60. The van der Waals surface area contributed by atoms with E-state index in [1.54, 1.807) is 6.20 Å². The molecule has 10 nitrogen and oxygen atoms in total. The number of nitrogens with one attached hydrogen (secondary N) is 4. The summed E-state index contributed by atoms with van der Waals surface area (Å²) in [5.41, 5.74) is 13.2. The predicted octanol–water partition coefficient (Wildman–Crippen LogP) is 0.999. The molecule has 0 aliphatic carbocycles. The largest absolute Gasteiger partial charge is 0.368 e. The lowest BCUT2D eigenvalue weighted by atomic mass is 9.95. The van der Waals surface area contributed by atoms with E-state index in [9.17, 15) is 19.2 Å². The third kappa shape index (κ3) is 7.96. The maximum absolute atomic E-state index is 13.5. The third-order valence-electron chi connectivity index (χ3n) is 6.93. The second-order valence-corrected chi connectivity index (χ2v) is 9.92. The van der Waals surface area contributed by atoms with Crippen molar-refractivity contribution in [1.82, 2.24) is 20.9 Å². The van der Waals surface area contributed by atoms with Crippen LogP contribution in [0.2, 0.25) is 0 Å². The molecule has 0 saturated heterocycles. The summed E-state index contributed by atoms with van der Waals surface area (Å²) in [7, 11) is 0. The van der Waals surface area contributed by atoms with Gasteiger partial charge in [-0.1, -0.05) is 58.7 Å². The Labute approximate surface area is 223 Å². The van der Waals surface area contributed by atoms with Gasteiger partial charge >= 0.3 is 0 Å². The zero-order chi connectivity index (χ0) is 27.7. The monoisotopic (exact) mass is 532 g/mol. The summed E-state index contributed by atoms with van der Waals surface area (Å²) in [5, 5.41) is 9.06. The van der Waals surface area contributed by atoms with Crippen LogP contribution in [0.4, 0.5) is 0 Å². The van der Waals surface area contributed by atoms with E-state index in [0.717, 1.165) is 16.5 Å². The summed E-state index contributed by atoms with van der Waals surface area (Å²) in [5.74, 6) is -2.52. The van der Waals surface area contributed by atoms with Crippen LogP contribution in [-0.4, -0.2) is 58.5 Å². The minimum absolute atomic E-state index is 0.00782. The molecule has 0 aliphatic heterocycles. The number of primary amides is 1. The van der Waals surface area contributed by atoms with E-state index in [4.69, 9.17) is 11.5 Å². The Bertz CT molecular complexity index is 1090. The smallest absolute Gasteiger partial charge is 0.243 e. The number of carbonyl (C=O) groups excluding carboxylic acids is 4. The van der Waals surface area contributed by atoms with Gasteiger partial charge in [0.2, 0.25) is 23.6 Å². The van der Waals surface area contributed by atoms with Crippen molar-refractivity contribution in [2.75, 3.05) is 5.75 Å². The van der Waals surface area contributed by atoms with Crippen LogP contribution in [0.5, 0.6) is 0 Å². The van der Waals surface area contributed by atoms with Gasteiger partial charge in [-0.05, 0) is 23.5 Å². The molecule has 2 aromatic rings. The molecule has 1 heterocycles. The van der Waals surface area contributed by atoms with Crippen molar-refractivity contribution in [2.45, 2.75) is 71.1 Å². The fraction of sp³-hybridized carbons (Fsp3) is 0.538. The van der Waals surface area contributed by atoms with Crippen molar-refractivity contribution >= 4 is 47.2 Å². The quantitative estimate of drug-likeness (QED) is 0.180.